The maximum Gasteiger partial charge on any atom is 0.304 e. The number of rotatable bonds is 21. The van der Waals surface area contributed by atoms with Crippen molar-refractivity contribution in [3.05, 3.63) is 179 Å². The van der Waals surface area contributed by atoms with Crippen molar-refractivity contribution in [2.45, 2.75) is 101 Å². The number of carboxylic acids is 4. The maximum atomic E-state index is 10.8. The predicted molar refractivity (Wildman–Crippen MR) is 245 cm³/mol. The molecule has 0 aliphatic carbocycles. The molecular formula is C50H64N4O8. The highest BCUT2D eigenvalue weighted by molar-refractivity contribution is 5.68. The number of carbonyl (C=O) groups is 4. The molecule has 0 bridgehead atoms. The first-order chi connectivity index (χ1) is 29.7. The molecule has 0 saturated heterocycles. The molecule has 12 nitrogen and oxygen atoms in total. The van der Waals surface area contributed by atoms with Crippen molar-refractivity contribution in [3.63, 3.8) is 0 Å². The van der Waals surface area contributed by atoms with Gasteiger partial charge in [0, 0.05) is 30.1 Å². The first-order valence-electron chi connectivity index (χ1n) is 20.8. The van der Waals surface area contributed by atoms with Crippen molar-refractivity contribution in [2.24, 2.45) is 22.9 Å². The van der Waals surface area contributed by atoms with E-state index in [-0.39, 0.29) is 55.8 Å². The molecular weight excluding hydrogens is 785 g/mol. The zero-order valence-electron chi connectivity index (χ0n) is 35.3. The lowest BCUT2D eigenvalue weighted by molar-refractivity contribution is -0.138. The SMILES string of the molecule is NC(CC(=O)O)CC(c1ccccc1)c1ccccc1.NC(CC(=O)O)Cc1ccccc1.NC(CCCc1ccccc1)CC(=O)O.NC(CCc1ccccc1)CC(=O)O. The predicted octanol–water partition coefficient (Wildman–Crippen LogP) is 7.27. The maximum absolute atomic E-state index is 10.8. The van der Waals surface area contributed by atoms with Crippen LogP contribution in [0.4, 0.5) is 0 Å². The van der Waals surface area contributed by atoms with E-state index in [0.29, 0.717) is 12.8 Å². The van der Waals surface area contributed by atoms with E-state index in [9.17, 15) is 19.2 Å². The summed E-state index contributed by atoms with van der Waals surface area (Å²) in [5, 5.41) is 34.4. The van der Waals surface area contributed by atoms with Gasteiger partial charge in [0.05, 0.1) is 25.7 Å². The van der Waals surface area contributed by atoms with Crippen LogP contribution < -0.4 is 22.9 Å². The van der Waals surface area contributed by atoms with Crippen LogP contribution in [0.5, 0.6) is 0 Å². The minimum absolute atomic E-state index is 0.00380. The summed E-state index contributed by atoms with van der Waals surface area (Å²) >= 11 is 0. The molecule has 332 valence electrons. The van der Waals surface area contributed by atoms with E-state index in [1.165, 1.54) is 22.3 Å². The monoisotopic (exact) mass is 848 g/mol. The molecule has 0 fully saturated rings. The Morgan fingerprint density at radius 3 is 1.11 bits per heavy atom. The minimum atomic E-state index is -0.850. The van der Waals surface area contributed by atoms with Crippen molar-refractivity contribution < 1.29 is 39.6 Å². The lowest BCUT2D eigenvalue weighted by Gasteiger charge is -2.21. The van der Waals surface area contributed by atoms with Crippen LogP contribution in [0.3, 0.4) is 0 Å². The Morgan fingerprint density at radius 1 is 0.387 bits per heavy atom. The molecule has 0 aliphatic rings. The molecule has 0 heterocycles. The van der Waals surface area contributed by atoms with Gasteiger partial charge in [-0.05, 0) is 72.8 Å². The number of hydrogen-bond acceptors (Lipinski definition) is 8. The number of carboxylic acid groups (broad SMARTS) is 4. The number of nitrogens with two attached hydrogens (primary N) is 4. The van der Waals surface area contributed by atoms with Crippen LogP contribution in [0.2, 0.25) is 0 Å². The first kappa shape index (κ1) is 52.0. The molecule has 0 amide bonds. The minimum Gasteiger partial charge on any atom is -0.481 e. The molecule has 0 saturated carbocycles. The van der Waals surface area contributed by atoms with Gasteiger partial charge in [-0.15, -0.1) is 0 Å². The van der Waals surface area contributed by atoms with Crippen LogP contribution >= 0.6 is 0 Å². The topological polar surface area (TPSA) is 253 Å². The zero-order valence-corrected chi connectivity index (χ0v) is 35.3. The highest BCUT2D eigenvalue weighted by atomic mass is 16.4. The molecule has 5 aromatic carbocycles. The van der Waals surface area contributed by atoms with Gasteiger partial charge >= 0.3 is 23.9 Å². The van der Waals surface area contributed by atoms with Crippen molar-refractivity contribution >= 4 is 23.9 Å². The molecule has 0 spiro atoms. The summed E-state index contributed by atoms with van der Waals surface area (Å²) in [4.78, 5) is 41.8. The summed E-state index contributed by atoms with van der Waals surface area (Å²) in [5.74, 6) is -3.21. The fourth-order valence-electron chi connectivity index (χ4n) is 6.52. The van der Waals surface area contributed by atoms with Gasteiger partial charge < -0.3 is 43.4 Å². The third-order valence-corrected chi connectivity index (χ3v) is 9.56. The summed E-state index contributed by atoms with van der Waals surface area (Å²) in [7, 11) is 0. The first-order valence-corrected chi connectivity index (χ1v) is 20.8. The molecule has 0 aromatic heterocycles. The highest BCUT2D eigenvalue weighted by Gasteiger charge is 2.19. The van der Waals surface area contributed by atoms with Gasteiger partial charge in [0.1, 0.15) is 0 Å². The fraction of sp³-hybridized carbons (Fsp3) is 0.320. The van der Waals surface area contributed by atoms with Crippen LogP contribution in [0.1, 0.15) is 85.1 Å². The van der Waals surface area contributed by atoms with Crippen LogP contribution in [0.25, 0.3) is 0 Å². The summed E-state index contributed by atoms with van der Waals surface area (Å²) < 4.78 is 0. The van der Waals surface area contributed by atoms with Crippen LogP contribution in [0.15, 0.2) is 152 Å². The summed E-state index contributed by atoms with van der Waals surface area (Å²) in [6.07, 6.45) is 5.61. The van der Waals surface area contributed by atoms with Gasteiger partial charge in [-0.2, -0.15) is 0 Å². The lowest BCUT2D eigenvalue weighted by atomic mass is 9.85. The van der Waals surface area contributed by atoms with Crippen molar-refractivity contribution in [1.29, 1.82) is 0 Å². The molecule has 0 radical (unpaired) electrons. The summed E-state index contributed by atoms with van der Waals surface area (Å²) in [6.45, 7) is 0. The molecule has 0 aliphatic heterocycles. The van der Waals surface area contributed by atoms with Gasteiger partial charge in [0.15, 0.2) is 0 Å². The molecule has 4 unspecified atom stereocenters. The molecule has 5 aromatic rings. The van der Waals surface area contributed by atoms with Gasteiger partial charge in [-0.3, -0.25) is 19.2 Å². The second-order valence-electron chi connectivity index (χ2n) is 15.1. The Kier molecular flexibility index (Phi) is 25.8. The third kappa shape index (κ3) is 25.4. The molecule has 12 N–H and O–H groups in total. The Labute approximate surface area is 365 Å². The van der Waals surface area contributed by atoms with E-state index in [1.54, 1.807) is 0 Å². The number of benzene rings is 5. The Balaban J connectivity index is 0.000000289. The smallest absolute Gasteiger partial charge is 0.304 e. The Bertz CT molecular complexity index is 1920. The number of aliphatic carboxylic acids is 4. The Morgan fingerprint density at radius 2 is 0.710 bits per heavy atom. The normalized spacial score (nSPS) is 12.3. The second-order valence-corrected chi connectivity index (χ2v) is 15.1. The average molecular weight is 849 g/mol. The number of hydrogen-bond donors (Lipinski definition) is 8. The third-order valence-electron chi connectivity index (χ3n) is 9.56. The molecule has 5 rings (SSSR count). The van der Waals surface area contributed by atoms with E-state index < -0.39 is 23.9 Å². The largest absolute Gasteiger partial charge is 0.481 e. The average Bonchev–Trinajstić information content (AvgIpc) is 3.23. The Hall–Kier alpha value is -6.18. The highest BCUT2D eigenvalue weighted by Crippen LogP contribution is 2.29. The van der Waals surface area contributed by atoms with E-state index in [2.05, 4.69) is 36.4 Å². The molecule has 4 atom stereocenters. The molecule has 62 heavy (non-hydrogen) atoms. The number of aryl methyl sites for hydroxylation is 2. The summed E-state index contributed by atoms with van der Waals surface area (Å²) in [5.41, 5.74) is 28.8. The van der Waals surface area contributed by atoms with E-state index >= 15 is 0 Å². The lowest BCUT2D eigenvalue weighted by Crippen LogP contribution is -2.26. The van der Waals surface area contributed by atoms with Crippen LogP contribution in [-0.4, -0.2) is 68.5 Å². The van der Waals surface area contributed by atoms with Gasteiger partial charge in [-0.25, -0.2) is 0 Å². The molecule has 12 heteroatoms. The van der Waals surface area contributed by atoms with Crippen LogP contribution in [-0.2, 0) is 38.4 Å². The van der Waals surface area contributed by atoms with Gasteiger partial charge in [0.2, 0.25) is 0 Å². The quantitative estimate of drug-likeness (QED) is 0.0363. The van der Waals surface area contributed by atoms with Crippen molar-refractivity contribution in [1.82, 2.24) is 0 Å². The second kappa shape index (κ2) is 30.8. The van der Waals surface area contributed by atoms with Gasteiger partial charge in [-0.1, -0.05) is 152 Å². The van der Waals surface area contributed by atoms with Crippen molar-refractivity contribution in [3.8, 4) is 0 Å². The fourth-order valence-corrected chi connectivity index (χ4v) is 6.52. The van der Waals surface area contributed by atoms with E-state index in [4.69, 9.17) is 43.4 Å². The van der Waals surface area contributed by atoms with E-state index in [0.717, 1.165) is 37.7 Å². The zero-order chi connectivity index (χ0) is 45.5. The van der Waals surface area contributed by atoms with Gasteiger partial charge in [0.25, 0.3) is 0 Å². The van der Waals surface area contributed by atoms with E-state index in [1.807, 2.05) is 115 Å². The summed E-state index contributed by atoms with van der Waals surface area (Å²) in [6, 6.07) is 48.8. The van der Waals surface area contributed by atoms with Crippen molar-refractivity contribution in [2.75, 3.05) is 0 Å². The van der Waals surface area contributed by atoms with Crippen LogP contribution in [0, 0.1) is 0 Å². The standard InChI is InChI=1S/C17H19NO2.C12H17NO2.C11H15NO2.C10H13NO2/c18-15(12-17(19)20)11-16(13-7-3-1-4-8-13)14-9-5-2-6-10-14;13-11(9-12(14)15)8-4-7-10-5-2-1-3-6-10;12-10(8-11(13)14)7-6-9-4-2-1-3-5-9;11-9(7-10(12)13)6-8-4-2-1-3-5-8/h1-10,15-16H,11-12,18H2,(H,19,20);1-3,5-6,11H,4,7-9,13H2,(H,14,15);1-5,10H,6-8,12H2,(H,13,14);1-5,9H,6-7,11H2,(H,12,13).